The van der Waals surface area contributed by atoms with Crippen LogP contribution in [0.25, 0.3) is 0 Å². The van der Waals surface area contributed by atoms with Crippen molar-refractivity contribution < 1.29 is 17.9 Å². The first-order valence-corrected chi connectivity index (χ1v) is 9.07. The molecule has 0 bridgehead atoms. The molecular weight excluding hydrogens is 366 g/mol. The van der Waals surface area contributed by atoms with Crippen LogP contribution in [0.3, 0.4) is 0 Å². The second-order valence-corrected chi connectivity index (χ2v) is 7.84. The maximum atomic E-state index is 12.4. The topological polar surface area (TPSA) is 88.6 Å². The Morgan fingerprint density at radius 1 is 1.32 bits per heavy atom. The summed E-state index contributed by atoms with van der Waals surface area (Å²) in [5.74, 6) is -0.0930. The molecule has 0 unspecified atom stereocenters. The van der Waals surface area contributed by atoms with E-state index < -0.39 is 15.9 Å². The standard InChI is InChI=1S/C16H18ClN3O4S/c1-20(2)25(22,23)12-6-7-14(17)13(9-12)15(21)19-10-11-5-4-8-18-16(11)24-3/h4-9H,10H2,1-3H3,(H,19,21). The molecule has 0 aliphatic heterocycles. The van der Waals surface area contributed by atoms with Gasteiger partial charge >= 0.3 is 0 Å². The maximum absolute atomic E-state index is 12.4. The van der Waals surface area contributed by atoms with Crippen LogP contribution in [0.15, 0.2) is 41.4 Å². The molecule has 7 nitrogen and oxygen atoms in total. The van der Waals surface area contributed by atoms with Gasteiger partial charge in [-0.15, -0.1) is 0 Å². The number of carbonyl (C=O) groups is 1. The fourth-order valence-corrected chi connectivity index (χ4v) is 3.19. The first kappa shape index (κ1) is 19.2. The van der Waals surface area contributed by atoms with Gasteiger partial charge in [-0.05, 0) is 24.3 Å². The number of pyridine rings is 1. The molecule has 9 heteroatoms. The zero-order valence-corrected chi connectivity index (χ0v) is 15.6. The summed E-state index contributed by atoms with van der Waals surface area (Å²) in [5.41, 5.74) is 0.763. The highest BCUT2D eigenvalue weighted by atomic mass is 35.5. The summed E-state index contributed by atoms with van der Waals surface area (Å²) in [4.78, 5) is 16.5. The van der Waals surface area contributed by atoms with Gasteiger partial charge in [-0.25, -0.2) is 17.7 Å². The number of hydrogen-bond acceptors (Lipinski definition) is 5. The van der Waals surface area contributed by atoms with Gasteiger partial charge in [0, 0.05) is 32.4 Å². The smallest absolute Gasteiger partial charge is 0.253 e. The third kappa shape index (κ3) is 4.28. The van der Waals surface area contributed by atoms with Gasteiger partial charge in [-0.3, -0.25) is 4.79 Å². The maximum Gasteiger partial charge on any atom is 0.253 e. The van der Waals surface area contributed by atoms with Crippen LogP contribution in [-0.4, -0.2) is 44.8 Å². The number of benzene rings is 1. The molecule has 2 rings (SSSR count). The van der Waals surface area contributed by atoms with Crippen LogP contribution in [0, 0.1) is 0 Å². The van der Waals surface area contributed by atoms with Gasteiger partial charge in [0.1, 0.15) is 0 Å². The van der Waals surface area contributed by atoms with Crippen molar-refractivity contribution in [3.63, 3.8) is 0 Å². The van der Waals surface area contributed by atoms with Crippen molar-refractivity contribution in [2.75, 3.05) is 21.2 Å². The number of sulfonamides is 1. The lowest BCUT2D eigenvalue weighted by Crippen LogP contribution is -2.25. The van der Waals surface area contributed by atoms with Gasteiger partial charge in [0.2, 0.25) is 15.9 Å². The van der Waals surface area contributed by atoms with Crippen LogP contribution in [0.5, 0.6) is 5.88 Å². The van der Waals surface area contributed by atoms with Crippen LogP contribution in [0.4, 0.5) is 0 Å². The normalized spacial score (nSPS) is 11.4. The summed E-state index contributed by atoms with van der Waals surface area (Å²) in [7, 11) is 0.654. The predicted octanol–water partition coefficient (Wildman–Crippen LogP) is 1.92. The van der Waals surface area contributed by atoms with Gasteiger partial charge in [0.15, 0.2) is 0 Å². The number of nitrogens with zero attached hydrogens (tertiary/aromatic N) is 2. The van der Waals surface area contributed by atoms with Gasteiger partial charge in [-0.2, -0.15) is 0 Å². The lowest BCUT2D eigenvalue weighted by atomic mass is 10.2. The van der Waals surface area contributed by atoms with E-state index in [0.717, 1.165) is 4.31 Å². The minimum absolute atomic E-state index is 0.00833. The number of amides is 1. The highest BCUT2D eigenvalue weighted by molar-refractivity contribution is 7.89. The molecule has 0 aliphatic rings. The molecule has 0 saturated carbocycles. The van der Waals surface area contributed by atoms with Crippen molar-refractivity contribution in [2.45, 2.75) is 11.4 Å². The molecule has 0 aliphatic carbocycles. The first-order valence-electron chi connectivity index (χ1n) is 7.25. The van der Waals surface area contributed by atoms with Crippen molar-refractivity contribution in [3.8, 4) is 5.88 Å². The molecule has 134 valence electrons. The summed E-state index contributed by atoms with van der Waals surface area (Å²) < 4.78 is 30.6. The van der Waals surface area contributed by atoms with Gasteiger partial charge in [0.25, 0.3) is 5.91 Å². The van der Waals surface area contributed by atoms with Crippen molar-refractivity contribution in [1.29, 1.82) is 0 Å². The molecule has 0 spiro atoms. The van der Waals surface area contributed by atoms with E-state index in [2.05, 4.69) is 10.3 Å². The summed E-state index contributed by atoms with van der Waals surface area (Å²) in [6.45, 7) is 0.164. The van der Waals surface area contributed by atoms with E-state index in [1.807, 2.05) is 0 Å². The molecule has 1 aromatic carbocycles. The minimum atomic E-state index is -3.66. The number of ether oxygens (including phenoxy) is 1. The number of hydrogen-bond donors (Lipinski definition) is 1. The Morgan fingerprint density at radius 3 is 2.68 bits per heavy atom. The molecule has 25 heavy (non-hydrogen) atoms. The highest BCUT2D eigenvalue weighted by Gasteiger charge is 2.21. The molecule has 0 saturated heterocycles. The van der Waals surface area contributed by atoms with Gasteiger partial charge < -0.3 is 10.1 Å². The number of rotatable bonds is 6. The SMILES string of the molecule is COc1ncccc1CNC(=O)c1cc(S(=O)(=O)N(C)C)ccc1Cl. The quantitative estimate of drug-likeness (QED) is 0.823. The van der Waals surface area contributed by atoms with Crippen LogP contribution >= 0.6 is 11.6 Å². The lowest BCUT2D eigenvalue weighted by Gasteiger charge is -2.13. The van der Waals surface area contributed by atoms with Crippen LogP contribution < -0.4 is 10.1 Å². The van der Waals surface area contributed by atoms with E-state index in [1.54, 1.807) is 18.3 Å². The fourth-order valence-electron chi connectivity index (χ4n) is 2.06. The summed E-state index contributed by atoms with van der Waals surface area (Å²) in [6.07, 6.45) is 1.58. The summed E-state index contributed by atoms with van der Waals surface area (Å²) >= 11 is 6.05. The second-order valence-electron chi connectivity index (χ2n) is 5.28. The molecule has 0 atom stereocenters. The predicted molar refractivity (Wildman–Crippen MR) is 94.3 cm³/mol. The van der Waals surface area contributed by atoms with Crippen LogP contribution in [0.1, 0.15) is 15.9 Å². The van der Waals surface area contributed by atoms with E-state index >= 15 is 0 Å². The van der Waals surface area contributed by atoms with E-state index in [9.17, 15) is 13.2 Å². The molecule has 1 aromatic heterocycles. The fraction of sp³-hybridized carbons (Fsp3) is 0.250. The summed E-state index contributed by atoms with van der Waals surface area (Å²) in [5, 5.41) is 2.85. The molecule has 1 amide bonds. The molecule has 2 aromatic rings. The monoisotopic (exact) mass is 383 g/mol. The van der Waals surface area contributed by atoms with Crippen LogP contribution in [-0.2, 0) is 16.6 Å². The molecule has 0 radical (unpaired) electrons. The van der Waals surface area contributed by atoms with Crippen molar-refractivity contribution >= 4 is 27.5 Å². The minimum Gasteiger partial charge on any atom is -0.481 e. The molecule has 0 fully saturated rings. The molecular formula is C16H18ClN3O4S. The zero-order chi connectivity index (χ0) is 18.6. The Morgan fingerprint density at radius 2 is 2.04 bits per heavy atom. The van der Waals surface area contributed by atoms with Crippen LogP contribution in [0.2, 0.25) is 5.02 Å². The van der Waals surface area contributed by atoms with Crippen molar-refractivity contribution in [3.05, 3.63) is 52.7 Å². The van der Waals surface area contributed by atoms with Gasteiger partial charge in [0.05, 0.1) is 22.6 Å². The van der Waals surface area contributed by atoms with E-state index in [-0.39, 0.29) is 22.0 Å². The Bertz CT molecular complexity index is 885. The number of carbonyl (C=O) groups excluding carboxylic acids is 1. The Hall–Kier alpha value is -2.16. The number of nitrogens with one attached hydrogen (secondary N) is 1. The zero-order valence-electron chi connectivity index (χ0n) is 14.0. The van der Waals surface area contributed by atoms with Crippen molar-refractivity contribution in [2.24, 2.45) is 0 Å². The molecule has 1 heterocycles. The average Bonchev–Trinajstić information content (AvgIpc) is 2.59. The average molecular weight is 384 g/mol. The van der Waals surface area contributed by atoms with Crippen molar-refractivity contribution in [1.82, 2.24) is 14.6 Å². The van der Waals surface area contributed by atoms with E-state index in [0.29, 0.717) is 11.4 Å². The highest BCUT2D eigenvalue weighted by Crippen LogP contribution is 2.22. The summed E-state index contributed by atoms with van der Waals surface area (Å²) in [6, 6.07) is 7.49. The Labute approximate surface area is 151 Å². The third-order valence-electron chi connectivity index (χ3n) is 3.44. The molecule has 1 N–H and O–H groups in total. The first-order chi connectivity index (χ1) is 11.8. The van der Waals surface area contributed by atoms with E-state index in [4.69, 9.17) is 16.3 Å². The Balaban J connectivity index is 2.25. The number of methoxy groups -OCH3 is 1. The van der Waals surface area contributed by atoms with E-state index in [1.165, 1.54) is 39.4 Å². The second kappa shape index (κ2) is 7.81. The lowest BCUT2D eigenvalue weighted by molar-refractivity contribution is 0.0950. The largest absolute Gasteiger partial charge is 0.481 e. The number of aromatic nitrogens is 1. The van der Waals surface area contributed by atoms with Gasteiger partial charge in [-0.1, -0.05) is 17.7 Å². The third-order valence-corrected chi connectivity index (χ3v) is 5.58. The Kier molecular flexibility index (Phi) is 5.99. The number of halogens is 1.